The van der Waals surface area contributed by atoms with Crippen molar-refractivity contribution in [3.8, 4) is 0 Å². The zero-order valence-electron chi connectivity index (χ0n) is 15.3. The number of anilines is 1. The second-order valence-corrected chi connectivity index (χ2v) is 9.00. The number of fused-ring (bicyclic) bond motifs is 2. The smallest absolute Gasteiger partial charge is 0.248 e. The molecule has 28 heavy (non-hydrogen) atoms. The molecule has 0 radical (unpaired) electrons. The zero-order valence-corrected chi connectivity index (χ0v) is 16.1. The molecule has 0 aliphatic carbocycles. The second-order valence-electron chi connectivity index (χ2n) is 7.11. The molecule has 0 spiro atoms. The molecular weight excluding hydrogens is 382 g/mol. The number of benzene rings is 1. The lowest BCUT2D eigenvalue weighted by atomic mass is 10.2. The van der Waals surface area contributed by atoms with Gasteiger partial charge in [0.05, 0.1) is 4.90 Å². The fourth-order valence-corrected chi connectivity index (χ4v) is 5.52. The molecular formula is C18H21N5O4S. The molecule has 2 fully saturated rings. The summed E-state index contributed by atoms with van der Waals surface area (Å²) in [4.78, 5) is 21.9. The summed E-state index contributed by atoms with van der Waals surface area (Å²) in [6.45, 7) is 2.49. The van der Waals surface area contributed by atoms with E-state index < -0.39 is 22.0 Å². The van der Waals surface area contributed by atoms with Crippen molar-refractivity contribution in [2.75, 3.05) is 18.0 Å². The van der Waals surface area contributed by atoms with Crippen LogP contribution in [0.25, 0.3) is 0 Å². The van der Waals surface area contributed by atoms with E-state index in [1.165, 1.54) is 28.6 Å². The van der Waals surface area contributed by atoms with Crippen molar-refractivity contribution >= 4 is 21.7 Å². The normalized spacial score (nSPS) is 23.1. The van der Waals surface area contributed by atoms with Gasteiger partial charge in [-0.3, -0.25) is 4.79 Å². The largest absolute Gasteiger partial charge is 0.385 e. The van der Waals surface area contributed by atoms with E-state index in [-0.39, 0.29) is 22.5 Å². The van der Waals surface area contributed by atoms with Crippen LogP contribution in [0.5, 0.6) is 0 Å². The third kappa shape index (κ3) is 3.13. The minimum absolute atomic E-state index is 0.0152. The van der Waals surface area contributed by atoms with Crippen LogP contribution in [0, 0.1) is 0 Å². The first-order chi connectivity index (χ1) is 13.3. The number of nitrogens with zero attached hydrogens (tertiary/aromatic N) is 4. The predicted molar refractivity (Wildman–Crippen MR) is 101 cm³/mol. The van der Waals surface area contributed by atoms with E-state index in [4.69, 9.17) is 5.73 Å². The standard InChI is InChI=1S/C18H21N5O4S/c1-11(24)18-20-7-6-16(21-18)22-9-14-8-13(22)10-23(14)28(26,27)15-4-2-12(3-5-15)17(19)25/h2-7,11,13-14,24H,8-10H2,1H3,(H2,19,25). The first-order valence-electron chi connectivity index (χ1n) is 8.96. The zero-order chi connectivity index (χ0) is 20.1. The van der Waals surface area contributed by atoms with Gasteiger partial charge in [0, 0.05) is 36.9 Å². The summed E-state index contributed by atoms with van der Waals surface area (Å²) in [6, 6.07) is 7.31. The summed E-state index contributed by atoms with van der Waals surface area (Å²) >= 11 is 0. The fourth-order valence-electron chi connectivity index (χ4n) is 3.86. The van der Waals surface area contributed by atoms with Gasteiger partial charge in [0.2, 0.25) is 15.9 Å². The molecule has 1 aromatic heterocycles. The van der Waals surface area contributed by atoms with Crippen molar-refractivity contribution in [1.82, 2.24) is 14.3 Å². The Bertz CT molecular complexity index is 1010. The summed E-state index contributed by atoms with van der Waals surface area (Å²) in [5.74, 6) is 0.446. The molecule has 4 rings (SSSR count). The first kappa shape index (κ1) is 18.8. The highest BCUT2D eigenvalue weighted by atomic mass is 32.2. The van der Waals surface area contributed by atoms with Crippen LogP contribution >= 0.6 is 0 Å². The summed E-state index contributed by atoms with van der Waals surface area (Å²) < 4.78 is 27.6. The number of hydrogen-bond donors (Lipinski definition) is 2. The lowest BCUT2D eigenvalue weighted by Crippen LogP contribution is -2.49. The van der Waals surface area contributed by atoms with E-state index in [0.717, 1.165) is 0 Å². The van der Waals surface area contributed by atoms with Crippen molar-refractivity contribution in [2.45, 2.75) is 36.4 Å². The number of primary amides is 1. The maximum atomic E-state index is 13.0. The van der Waals surface area contributed by atoms with E-state index in [9.17, 15) is 18.3 Å². The number of aliphatic hydroxyl groups excluding tert-OH is 1. The number of nitrogens with two attached hydrogens (primary N) is 1. The number of carbonyl (C=O) groups is 1. The van der Waals surface area contributed by atoms with E-state index in [1.807, 2.05) is 0 Å². The number of amides is 1. The Hall–Kier alpha value is -2.56. The molecule has 3 heterocycles. The number of sulfonamides is 1. The lowest BCUT2D eigenvalue weighted by molar-refractivity contribution is 0.1000. The lowest BCUT2D eigenvalue weighted by Gasteiger charge is -2.34. The Morgan fingerprint density at radius 2 is 1.93 bits per heavy atom. The first-order valence-corrected chi connectivity index (χ1v) is 10.4. The monoisotopic (exact) mass is 403 g/mol. The molecule has 3 N–H and O–H groups in total. The van der Waals surface area contributed by atoms with Gasteiger partial charge in [-0.25, -0.2) is 18.4 Å². The molecule has 1 aromatic carbocycles. The molecule has 2 aromatic rings. The number of aliphatic hydroxyl groups is 1. The van der Waals surface area contributed by atoms with Crippen molar-refractivity contribution < 1.29 is 18.3 Å². The molecule has 2 saturated heterocycles. The number of aromatic nitrogens is 2. The van der Waals surface area contributed by atoms with Crippen molar-refractivity contribution in [3.05, 3.63) is 47.9 Å². The molecule has 1 amide bonds. The van der Waals surface area contributed by atoms with Gasteiger partial charge in [-0.05, 0) is 43.7 Å². The van der Waals surface area contributed by atoms with Gasteiger partial charge in [0.1, 0.15) is 11.9 Å². The number of carbonyl (C=O) groups excluding carboxylic acids is 1. The average molecular weight is 403 g/mol. The Kier molecular flexibility index (Phi) is 4.56. The quantitative estimate of drug-likeness (QED) is 0.733. The molecule has 2 aliphatic heterocycles. The Morgan fingerprint density at radius 1 is 1.21 bits per heavy atom. The Labute approximate surface area is 162 Å². The van der Waals surface area contributed by atoms with Crippen LogP contribution in [0.4, 0.5) is 5.82 Å². The van der Waals surface area contributed by atoms with Gasteiger partial charge in [0.15, 0.2) is 5.82 Å². The van der Waals surface area contributed by atoms with Crippen LogP contribution in [0.1, 0.15) is 35.6 Å². The summed E-state index contributed by atoms with van der Waals surface area (Å²) in [5.41, 5.74) is 5.48. The highest BCUT2D eigenvalue weighted by Crippen LogP contribution is 2.37. The molecule has 3 unspecified atom stereocenters. The van der Waals surface area contributed by atoms with Crippen LogP contribution < -0.4 is 10.6 Å². The van der Waals surface area contributed by atoms with Gasteiger partial charge in [-0.15, -0.1) is 0 Å². The highest BCUT2D eigenvalue weighted by molar-refractivity contribution is 7.89. The van der Waals surface area contributed by atoms with Crippen LogP contribution in [-0.2, 0) is 10.0 Å². The molecule has 9 nitrogen and oxygen atoms in total. The third-order valence-corrected chi connectivity index (χ3v) is 7.20. The predicted octanol–water partition coefficient (Wildman–Crippen LogP) is 0.281. The Balaban J connectivity index is 1.53. The fraction of sp³-hybridized carbons (Fsp3) is 0.389. The van der Waals surface area contributed by atoms with Gasteiger partial charge in [-0.1, -0.05) is 0 Å². The van der Waals surface area contributed by atoms with Gasteiger partial charge >= 0.3 is 0 Å². The van der Waals surface area contributed by atoms with E-state index >= 15 is 0 Å². The maximum Gasteiger partial charge on any atom is 0.248 e. The second kappa shape index (κ2) is 6.80. The van der Waals surface area contributed by atoms with Gasteiger partial charge in [-0.2, -0.15) is 4.31 Å². The van der Waals surface area contributed by atoms with Gasteiger partial charge < -0.3 is 15.7 Å². The maximum absolute atomic E-state index is 13.0. The summed E-state index contributed by atoms with van der Waals surface area (Å²) in [7, 11) is -3.66. The molecule has 2 bridgehead atoms. The van der Waals surface area contributed by atoms with Crippen LogP contribution in [-0.4, -0.2) is 58.9 Å². The summed E-state index contributed by atoms with van der Waals surface area (Å²) in [5, 5.41) is 9.69. The Morgan fingerprint density at radius 3 is 2.50 bits per heavy atom. The highest BCUT2D eigenvalue weighted by Gasteiger charge is 2.48. The van der Waals surface area contributed by atoms with E-state index in [1.54, 1.807) is 19.2 Å². The van der Waals surface area contributed by atoms with E-state index in [0.29, 0.717) is 31.2 Å². The average Bonchev–Trinajstić information content (AvgIpc) is 3.29. The summed E-state index contributed by atoms with van der Waals surface area (Å²) in [6.07, 6.45) is 1.55. The van der Waals surface area contributed by atoms with Crippen molar-refractivity contribution in [3.63, 3.8) is 0 Å². The minimum atomic E-state index is -3.66. The molecule has 0 saturated carbocycles. The van der Waals surface area contributed by atoms with Crippen LogP contribution in [0.15, 0.2) is 41.4 Å². The molecule has 2 aliphatic rings. The topological polar surface area (TPSA) is 130 Å². The van der Waals surface area contributed by atoms with Crippen molar-refractivity contribution in [2.24, 2.45) is 5.73 Å². The molecule has 10 heteroatoms. The van der Waals surface area contributed by atoms with Crippen LogP contribution in [0.3, 0.4) is 0 Å². The molecule has 3 atom stereocenters. The number of piperazine rings is 1. The van der Waals surface area contributed by atoms with Gasteiger partial charge in [0.25, 0.3) is 0 Å². The van der Waals surface area contributed by atoms with Crippen molar-refractivity contribution in [1.29, 1.82) is 0 Å². The number of rotatable bonds is 5. The SMILES string of the molecule is CC(O)c1nccc(N2CC3CC2CN3S(=O)(=O)c2ccc(C(N)=O)cc2)n1. The van der Waals surface area contributed by atoms with E-state index in [2.05, 4.69) is 14.9 Å². The number of hydrogen-bond acceptors (Lipinski definition) is 7. The van der Waals surface area contributed by atoms with Crippen LogP contribution in [0.2, 0.25) is 0 Å². The third-order valence-electron chi connectivity index (χ3n) is 5.26. The minimum Gasteiger partial charge on any atom is -0.385 e. The molecule has 148 valence electrons.